The van der Waals surface area contributed by atoms with Crippen molar-refractivity contribution >= 4 is 22.7 Å². The summed E-state index contributed by atoms with van der Waals surface area (Å²) in [7, 11) is 0. The van der Waals surface area contributed by atoms with Crippen LogP contribution in [0.25, 0.3) is 0 Å². The molecule has 0 heterocycles. The molecule has 1 rings (SSSR count). The highest BCUT2D eigenvalue weighted by molar-refractivity contribution is 8.93. The minimum absolute atomic E-state index is 0. The summed E-state index contributed by atoms with van der Waals surface area (Å²) in [6, 6.07) is 4.37. The molecule has 2 nitrogen and oxygen atoms in total. The number of hydrogen-bond acceptors (Lipinski definition) is 2. The number of nitrogens with one attached hydrogen (secondary N) is 1. The Bertz CT molecular complexity index is 274. The Hall–Kier alpha value is -0.540. The summed E-state index contributed by atoms with van der Waals surface area (Å²) >= 11 is 0. The molecule has 0 saturated heterocycles. The zero-order valence-electron chi connectivity index (χ0n) is 9.05. The standard InChI is InChI=1S/C11H18N2.BrH/c1-8-6-9(2)11(10(3)7-8)13-5-4-12;/h6-7,13H,4-5,12H2,1-3H3;1H. The van der Waals surface area contributed by atoms with Crippen LogP contribution in [-0.4, -0.2) is 13.1 Å². The van der Waals surface area contributed by atoms with Crippen molar-refractivity contribution in [2.75, 3.05) is 18.4 Å². The highest BCUT2D eigenvalue weighted by atomic mass is 79.9. The lowest BCUT2D eigenvalue weighted by Gasteiger charge is -2.12. The summed E-state index contributed by atoms with van der Waals surface area (Å²) in [4.78, 5) is 0. The van der Waals surface area contributed by atoms with Crippen LogP contribution >= 0.6 is 17.0 Å². The van der Waals surface area contributed by atoms with E-state index in [1.54, 1.807) is 0 Å². The third-order valence-corrected chi connectivity index (χ3v) is 2.12. The van der Waals surface area contributed by atoms with E-state index in [2.05, 4.69) is 38.2 Å². The zero-order valence-corrected chi connectivity index (χ0v) is 10.8. The van der Waals surface area contributed by atoms with Crippen molar-refractivity contribution in [1.29, 1.82) is 0 Å². The van der Waals surface area contributed by atoms with Crippen LogP contribution in [0.5, 0.6) is 0 Å². The maximum Gasteiger partial charge on any atom is 0.0400 e. The fraction of sp³-hybridized carbons (Fsp3) is 0.455. The monoisotopic (exact) mass is 258 g/mol. The molecule has 0 aliphatic rings. The largest absolute Gasteiger partial charge is 0.383 e. The topological polar surface area (TPSA) is 38.0 Å². The van der Waals surface area contributed by atoms with E-state index in [0.717, 1.165) is 6.54 Å². The van der Waals surface area contributed by atoms with Gasteiger partial charge >= 0.3 is 0 Å². The fourth-order valence-corrected chi connectivity index (χ4v) is 1.66. The first-order valence-electron chi connectivity index (χ1n) is 4.67. The van der Waals surface area contributed by atoms with Gasteiger partial charge in [-0.3, -0.25) is 0 Å². The maximum absolute atomic E-state index is 5.44. The Kier molecular flexibility index (Phi) is 5.81. The number of benzene rings is 1. The lowest BCUT2D eigenvalue weighted by atomic mass is 10.1. The van der Waals surface area contributed by atoms with Crippen LogP contribution in [0, 0.1) is 20.8 Å². The quantitative estimate of drug-likeness (QED) is 0.875. The van der Waals surface area contributed by atoms with Gasteiger partial charge in [0.1, 0.15) is 0 Å². The number of anilines is 1. The van der Waals surface area contributed by atoms with Crippen LogP contribution in [-0.2, 0) is 0 Å². The second-order valence-electron chi connectivity index (χ2n) is 3.49. The molecule has 1 aromatic rings. The number of hydrogen-bond donors (Lipinski definition) is 2. The smallest absolute Gasteiger partial charge is 0.0400 e. The molecule has 3 heteroatoms. The van der Waals surface area contributed by atoms with E-state index in [9.17, 15) is 0 Å². The van der Waals surface area contributed by atoms with E-state index in [0.29, 0.717) is 6.54 Å². The van der Waals surface area contributed by atoms with Crippen LogP contribution in [0.15, 0.2) is 12.1 Å². The molecule has 3 N–H and O–H groups in total. The van der Waals surface area contributed by atoms with Gasteiger partial charge in [0, 0.05) is 18.8 Å². The van der Waals surface area contributed by atoms with Gasteiger partial charge in [-0.15, -0.1) is 17.0 Å². The van der Waals surface area contributed by atoms with Gasteiger partial charge in [0.05, 0.1) is 0 Å². The van der Waals surface area contributed by atoms with E-state index in [4.69, 9.17) is 5.73 Å². The molecule has 0 aliphatic heterocycles. The van der Waals surface area contributed by atoms with Gasteiger partial charge in [0.15, 0.2) is 0 Å². The molecule has 0 amide bonds. The number of halogens is 1. The van der Waals surface area contributed by atoms with E-state index in [1.807, 2.05) is 0 Å². The average Bonchev–Trinajstić information content (AvgIpc) is 2.02. The first kappa shape index (κ1) is 13.5. The van der Waals surface area contributed by atoms with Gasteiger partial charge in [-0.2, -0.15) is 0 Å². The van der Waals surface area contributed by atoms with Gasteiger partial charge in [-0.05, 0) is 31.9 Å². The first-order valence-corrected chi connectivity index (χ1v) is 4.67. The van der Waals surface area contributed by atoms with Crippen LogP contribution < -0.4 is 11.1 Å². The molecule has 0 radical (unpaired) electrons. The summed E-state index contributed by atoms with van der Waals surface area (Å²) in [5.41, 5.74) is 10.6. The lowest BCUT2D eigenvalue weighted by molar-refractivity contribution is 1.02. The second kappa shape index (κ2) is 6.04. The van der Waals surface area contributed by atoms with Gasteiger partial charge in [-0.25, -0.2) is 0 Å². The number of nitrogens with two attached hydrogens (primary N) is 1. The van der Waals surface area contributed by atoms with Crippen molar-refractivity contribution in [2.45, 2.75) is 20.8 Å². The average molecular weight is 259 g/mol. The number of aryl methyl sites for hydroxylation is 3. The molecular weight excluding hydrogens is 240 g/mol. The Morgan fingerprint density at radius 1 is 1.14 bits per heavy atom. The molecule has 0 atom stereocenters. The van der Waals surface area contributed by atoms with Gasteiger partial charge in [0.25, 0.3) is 0 Å². The zero-order chi connectivity index (χ0) is 9.84. The minimum Gasteiger partial charge on any atom is -0.383 e. The van der Waals surface area contributed by atoms with E-state index < -0.39 is 0 Å². The SMILES string of the molecule is Br.Cc1cc(C)c(NCCN)c(C)c1. The highest BCUT2D eigenvalue weighted by Crippen LogP contribution is 2.21. The second-order valence-corrected chi connectivity index (χ2v) is 3.49. The van der Waals surface area contributed by atoms with Crippen molar-refractivity contribution in [3.05, 3.63) is 28.8 Å². The maximum atomic E-state index is 5.44. The van der Waals surface area contributed by atoms with Crippen LogP contribution in [0.3, 0.4) is 0 Å². The van der Waals surface area contributed by atoms with Crippen molar-refractivity contribution in [3.63, 3.8) is 0 Å². The molecule has 0 unspecified atom stereocenters. The van der Waals surface area contributed by atoms with Crippen LogP contribution in [0.4, 0.5) is 5.69 Å². The molecule has 1 aromatic carbocycles. The van der Waals surface area contributed by atoms with Gasteiger partial charge in [0.2, 0.25) is 0 Å². The summed E-state index contributed by atoms with van der Waals surface area (Å²) < 4.78 is 0. The number of rotatable bonds is 3. The van der Waals surface area contributed by atoms with Gasteiger partial charge < -0.3 is 11.1 Å². The van der Waals surface area contributed by atoms with Crippen molar-refractivity contribution in [3.8, 4) is 0 Å². The molecular formula is C11H19BrN2. The first-order chi connectivity index (χ1) is 6.15. The molecule has 0 aliphatic carbocycles. The normalized spacial score (nSPS) is 9.43. The molecule has 0 aromatic heterocycles. The lowest BCUT2D eigenvalue weighted by Crippen LogP contribution is -2.14. The Morgan fingerprint density at radius 2 is 1.64 bits per heavy atom. The van der Waals surface area contributed by atoms with Crippen molar-refractivity contribution < 1.29 is 0 Å². The molecule has 80 valence electrons. The predicted octanol–water partition coefficient (Wildman–Crippen LogP) is 2.56. The molecule has 0 spiro atoms. The van der Waals surface area contributed by atoms with E-state index in [1.165, 1.54) is 22.4 Å². The van der Waals surface area contributed by atoms with Crippen molar-refractivity contribution in [2.24, 2.45) is 5.73 Å². The minimum atomic E-state index is 0. The molecule has 14 heavy (non-hydrogen) atoms. The fourth-order valence-electron chi connectivity index (χ4n) is 1.66. The molecule has 0 bridgehead atoms. The van der Waals surface area contributed by atoms with E-state index in [-0.39, 0.29) is 17.0 Å². The summed E-state index contributed by atoms with van der Waals surface area (Å²) in [6.45, 7) is 7.88. The highest BCUT2D eigenvalue weighted by Gasteiger charge is 2.01. The van der Waals surface area contributed by atoms with E-state index >= 15 is 0 Å². The van der Waals surface area contributed by atoms with Crippen LogP contribution in [0.1, 0.15) is 16.7 Å². The van der Waals surface area contributed by atoms with Crippen LogP contribution in [0.2, 0.25) is 0 Å². The summed E-state index contributed by atoms with van der Waals surface area (Å²) in [5, 5.41) is 3.33. The summed E-state index contributed by atoms with van der Waals surface area (Å²) in [5.74, 6) is 0. The third-order valence-electron chi connectivity index (χ3n) is 2.12. The van der Waals surface area contributed by atoms with Crippen molar-refractivity contribution in [1.82, 2.24) is 0 Å². The molecule has 0 saturated carbocycles. The third kappa shape index (κ3) is 3.31. The summed E-state index contributed by atoms with van der Waals surface area (Å²) in [6.07, 6.45) is 0. The Balaban J connectivity index is 0.00000169. The predicted molar refractivity (Wildman–Crippen MR) is 68.5 cm³/mol. The van der Waals surface area contributed by atoms with Gasteiger partial charge in [-0.1, -0.05) is 17.7 Å². The molecule has 0 fully saturated rings. The Morgan fingerprint density at radius 3 is 2.07 bits per heavy atom. The Labute approximate surface area is 96.7 Å².